The van der Waals surface area contributed by atoms with Gasteiger partial charge in [0.05, 0.1) is 13.2 Å². The van der Waals surface area contributed by atoms with Crippen LogP contribution in [0.2, 0.25) is 0 Å². The molecule has 0 N–H and O–H groups in total. The summed E-state index contributed by atoms with van der Waals surface area (Å²) in [7, 11) is 0. The number of halogens is 1. The van der Waals surface area contributed by atoms with E-state index in [4.69, 9.17) is 4.74 Å². The van der Waals surface area contributed by atoms with Gasteiger partial charge in [-0.05, 0) is 51.0 Å². The molecule has 0 fully saturated rings. The lowest BCUT2D eigenvalue weighted by molar-refractivity contribution is -0.145. The minimum atomic E-state index is -0.234. The van der Waals surface area contributed by atoms with E-state index in [1.54, 1.807) is 13.0 Å². The molecule has 0 aliphatic carbocycles. The molecule has 0 spiro atoms. The summed E-state index contributed by atoms with van der Waals surface area (Å²) in [5, 5.41) is 0. The summed E-state index contributed by atoms with van der Waals surface area (Å²) in [6.45, 7) is 8.98. The lowest BCUT2D eigenvalue weighted by Crippen LogP contribution is -2.36. The average Bonchev–Trinajstić information content (AvgIpc) is 2.31. The summed E-state index contributed by atoms with van der Waals surface area (Å²) in [6, 6.07) is 4.95. The van der Waals surface area contributed by atoms with Crippen molar-refractivity contribution in [3.05, 3.63) is 35.1 Å². The van der Waals surface area contributed by atoms with Crippen molar-refractivity contribution in [2.45, 2.75) is 40.3 Å². The number of ether oxygens (including phenoxy) is 1. The van der Waals surface area contributed by atoms with Gasteiger partial charge in [-0.1, -0.05) is 6.07 Å². The summed E-state index contributed by atoms with van der Waals surface area (Å²) >= 11 is 0. The quantitative estimate of drug-likeness (QED) is 0.742. The normalized spacial score (nSPS) is 11.1. The summed E-state index contributed by atoms with van der Waals surface area (Å²) in [4.78, 5) is 13.6. The first-order valence-electron chi connectivity index (χ1n) is 6.58. The van der Waals surface area contributed by atoms with Crippen molar-refractivity contribution in [1.29, 1.82) is 0 Å². The molecule has 0 atom stereocenters. The van der Waals surface area contributed by atoms with Crippen LogP contribution in [0.25, 0.3) is 0 Å². The Balaban J connectivity index is 2.75. The Morgan fingerprint density at radius 3 is 2.63 bits per heavy atom. The second-order valence-corrected chi connectivity index (χ2v) is 4.87. The van der Waals surface area contributed by atoms with Crippen LogP contribution in [0.3, 0.4) is 0 Å². The second-order valence-electron chi connectivity index (χ2n) is 4.87. The Hall–Kier alpha value is -1.42. The molecule has 0 amide bonds. The van der Waals surface area contributed by atoms with Crippen molar-refractivity contribution < 1.29 is 13.9 Å². The number of hydrogen-bond donors (Lipinski definition) is 0. The van der Waals surface area contributed by atoms with Gasteiger partial charge >= 0.3 is 5.97 Å². The molecule has 0 radical (unpaired) electrons. The van der Waals surface area contributed by atoms with Crippen molar-refractivity contribution in [2.24, 2.45) is 0 Å². The fourth-order valence-electron chi connectivity index (χ4n) is 1.85. The Kier molecular flexibility index (Phi) is 5.96. The molecule has 19 heavy (non-hydrogen) atoms. The zero-order chi connectivity index (χ0) is 14.4. The van der Waals surface area contributed by atoms with Crippen LogP contribution >= 0.6 is 0 Å². The van der Waals surface area contributed by atoms with E-state index in [0.29, 0.717) is 13.2 Å². The molecule has 0 heterocycles. The van der Waals surface area contributed by atoms with Gasteiger partial charge < -0.3 is 4.74 Å². The molecule has 0 aliphatic heterocycles. The van der Waals surface area contributed by atoms with E-state index in [0.717, 1.165) is 11.1 Å². The fraction of sp³-hybridized carbons (Fsp3) is 0.533. The van der Waals surface area contributed by atoms with E-state index < -0.39 is 0 Å². The van der Waals surface area contributed by atoms with Crippen molar-refractivity contribution in [3.63, 3.8) is 0 Å². The van der Waals surface area contributed by atoms with E-state index in [2.05, 4.69) is 0 Å². The van der Waals surface area contributed by atoms with E-state index >= 15 is 0 Å². The number of nitrogens with zero attached hydrogens (tertiary/aromatic N) is 1. The Morgan fingerprint density at radius 2 is 2.11 bits per heavy atom. The Morgan fingerprint density at radius 1 is 1.42 bits per heavy atom. The fourth-order valence-corrected chi connectivity index (χ4v) is 1.85. The topological polar surface area (TPSA) is 29.5 Å². The van der Waals surface area contributed by atoms with Crippen LogP contribution in [0.1, 0.15) is 31.9 Å². The van der Waals surface area contributed by atoms with Gasteiger partial charge in [-0.3, -0.25) is 9.69 Å². The number of benzene rings is 1. The first kappa shape index (κ1) is 15.6. The predicted octanol–water partition coefficient (Wildman–Crippen LogP) is 2.91. The summed E-state index contributed by atoms with van der Waals surface area (Å²) < 4.78 is 18.0. The van der Waals surface area contributed by atoms with Gasteiger partial charge in [-0.15, -0.1) is 0 Å². The maximum Gasteiger partial charge on any atom is 0.320 e. The first-order valence-corrected chi connectivity index (χ1v) is 6.58. The molecule has 1 aromatic carbocycles. The van der Waals surface area contributed by atoms with E-state index in [9.17, 15) is 9.18 Å². The van der Waals surface area contributed by atoms with E-state index in [-0.39, 0.29) is 24.4 Å². The summed E-state index contributed by atoms with van der Waals surface area (Å²) in [5.41, 5.74) is 1.92. The number of aryl methyl sites for hydroxylation is 1. The Bertz CT molecular complexity index is 432. The second kappa shape index (κ2) is 7.24. The largest absolute Gasteiger partial charge is 0.465 e. The number of hydrogen-bond acceptors (Lipinski definition) is 3. The number of rotatable bonds is 6. The monoisotopic (exact) mass is 267 g/mol. The van der Waals surface area contributed by atoms with Crippen LogP contribution in [0.15, 0.2) is 18.2 Å². The van der Waals surface area contributed by atoms with Gasteiger partial charge in [0.1, 0.15) is 5.82 Å². The highest BCUT2D eigenvalue weighted by atomic mass is 19.1. The lowest BCUT2D eigenvalue weighted by Gasteiger charge is -2.26. The third kappa shape index (κ3) is 4.99. The van der Waals surface area contributed by atoms with Crippen LogP contribution in [-0.4, -0.2) is 30.1 Å². The lowest BCUT2D eigenvalue weighted by atomic mass is 10.1. The average molecular weight is 267 g/mol. The third-order valence-electron chi connectivity index (χ3n) is 3.05. The molecule has 0 unspecified atom stereocenters. The van der Waals surface area contributed by atoms with Crippen LogP contribution in [0.5, 0.6) is 0 Å². The smallest absolute Gasteiger partial charge is 0.320 e. The maximum atomic E-state index is 13.1. The molecule has 3 nitrogen and oxygen atoms in total. The highest BCUT2D eigenvalue weighted by molar-refractivity contribution is 5.71. The van der Waals surface area contributed by atoms with Crippen molar-refractivity contribution in [1.82, 2.24) is 4.90 Å². The third-order valence-corrected chi connectivity index (χ3v) is 3.05. The first-order chi connectivity index (χ1) is 8.93. The molecule has 0 aromatic heterocycles. The van der Waals surface area contributed by atoms with E-state index in [1.807, 2.05) is 25.7 Å². The molecule has 106 valence electrons. The highest BCUT2D eigenvalue weighted by Gasteiger charge is 2.16. The predicted molar refractivity (Wildman–Crippen MR) is 73.3 cm³/mol. The zero-order valence-corrected chi connectivity index (χ0v) is 12.1. The van der Waals surface area contributed by atoms with Gasteiger partial charge in [0.2, 0.25) is 0 Å². The van der Waals surface area contributed by atoms with Crippen LogP contribution in [-0.2, 0) is 16.1 Å². The van der Waals surface area contributed by atoms with Crippen molar-refractivity contribution >= 4 is 5.97 Å². The minimum Gasteiger partial charge on any atom is -0.465 e. The van der Waals surface area contributed by atoms with Crippen LogP contribution in [0.4, 0.5) is 4.39 Å². The van der Waals surface area contributed by atoms with Crippen LogP contribution < -0.4 is 0 Å². The number of esters is 1. The molecule has 0 aliphatic rings. The molecule has 1 rings (SSSR count). The maximum absolute atomic E-state index is 13.1. The summed E-state index contributed by atoms with van der Waals surface area (Å²) in [6.07, 6.45) is 0. The number of carbonyl (C=O) groups is 1. The molecular weight excluding hydrogens is 245 g/mol. The number of carbonyl (C=O) groups excluding carboxylic acids is 1. The van der Waals surface area contributed by atoms with Crippen LogP contribution in [0, 0.1) is 12.7 Å². The van der Waals surface area contributed by atoms with Crippen molar-refractivity contribution in [2.75, 3.05) is 13.2 Å². The van der Waals surface area contributed by atoms with Gasteiger partial charge in [0, 0.05) is 12.6 Å². The van der Waals surface area contributed by atoms with Crippen molar-refractivity contribution in [3.8, 4) is 0 Å². The zero-order valence-electron chi connectivity index (χ0n) is 12.1. The van der Waals surface area contributed by atoms with Gasteiger partial charge in [0.15, 0.2) is 0 Å². The summed E-state index contributed by atoms with van der Waals surface area (Å²) in [5.74, 6) is -0.460. The Labute approximate surface area is 114 Å². The molecule has 4 heteroatoms. The molecular formula is C15H22FNO2. The molecule has 1 aromatic rings. The van der Waals surface area contributed by atoms with Gasteiger partial charge in [-0.25, -0.2) is 4.39 Å². The molecule has 0 bridgehead atoms. The van der Waals surface area contributed by atoms with Gasteiger partial charge in [0.25, 0.3) is 0 Å². The van der Waals surface area contributed by atoms with E-state index in [1.165, 1.54) is 12.1 Å². The highest BCUT2D eigenvalue weighted by Crippen LogP contribution is 2.14. The minimum absolute atomic E-state index is 0.217. The van der Waals surface area contributed by atoms with Gasteiger partial charge in [-0.2, -0.15) is 0 Å². The SMILES string of the molecule is CCOC(=O)CN(Cc1ccc(F)cc1C)C(C)C. The standard InChI is InChI=1S/C15H22FNO2/c1-5-19-15(18)10-17(11(2)3)9-13-6-7-14(16)8-12(13)4/h6-8,11H,5,9-10H2,1-4H3. The molecule has 0 saturated heterocycles. The molecule has 0 saturated carbocycles.